The molecule has 2 aromatic heterocycles. The lowest BCUT2D eigenvalue weighted by atomic mass is 9.96. The van der Waals surface area contributed by atoms with Crippen molar-refractivity contribution in [1.29, 1.82) is 0 Å². The summed E-state index contributed by atoms with van der Waals surface area (Å²) in [5.74, 6) is 0.721. The second-order valence-electron chi connectivity index (χ2n) is 6.40. The number of nitrogens with one attached hydrogen (secondary N) is 1. The molecule has 0 unspecified atom stereocenters. The Morgan fingerprint density at radius 2 is 2.04 bits per heavy atom. The summed E-state index contributed by atoms with van der Waals surface area (Å²) in [6, 6.07) is 11.4. The fourth-order valence-electron chi connectivity index (χ4n) is 3.48. The quantitative estimate of drug-likeness (QED) is 0.785. The van der Waals surface area contributed by atoms with E-state index in [4.69, 9.17) is 0 Å². The number of carbonyl (C=O) groups excluding carboxylic acids is 2. The van der Waals surface area contributed by atoms with Crippen molar-refractivity contribution in [3.8, 4) is 0 Å². The molecular weight excluding hydrogens is 330 g/mol. The van der Waals surface area contributed by atoms with Crippen LogP contribution in [0.1, 0.15) is 31.2 Å². The van der Waals surface area contributed by atoms with Crippen LogP contribution in [0.3, 0.4) is 0 Å². The van der Waals surface area contributed by atoms with Crippen LogP contribution in [0.2, 0.25) is 0 Å². The van der Waals surface area contributed by atoms with E-state index in [1.165, 1.54) is 0 Å². The minimum Gasteiger partial charge on any atom is -0.312 e. The van der Waals surface area contributed by atoms with Crippen molar-refractivity contribution in [1.82, 2.24) is 14.6 Å². The lowest BCUT2D eigenvalue weighted by Crippen LogP contribution is -2.27. The first-order valence-corrected chi connectivity index (χ1v) is 8.59. The zero-order chi connectivity index (χ0) is 18.1. The molecule has 0 saturated carbocycles. The van der Waals surface area contributed by atoms with Gasteiger partial charge in [0.2, 0.25) is 11.8 Å². The molecule has 3 heterocycles. The maximum absolute atomic E-state index is 12.4. The highest BCUT2D eigenvalue weighted by atomic mass is 16.2. The lowest BCUT2D eigenvalue weighted by Gasteiger charge is -2.15. The Morgan fingerprint density at radius 3 is 2.88 bits per heavy atom. The van der Waals surface area contributed by atoms with Crippen molar-refractivity contribution >= 4 is 29.0 Å². The highest BCUT2D eigenvalue weighted by Crippen LogP contribution is 2.38. The molecule has 4 rings (SSSR count). The van der Waals surface area contributed by atoms with Gasteiger partial charge >= 0.3 is 0 Å². The van der Waals surface area contributed by atoms with E-state index in [0.717, 1.165) is 11.3 Å². The van der Waals surface area contributed by atoms with E-state index in [1.54, 1.807) is 40.9 Å². The fraction of sp³-hybridized carbons (Fsp3) is 0.263. The molecule has 0 saturated heterocycles. The van der Waals surface area contributed by atoms with Crippen LogP contribution in [0.4, 0.5) is 11.5 Å². The number of nitrogens with zero attached hydrogens (tertiary/aromatic N) is 4. The van der Waals surface area contributed by atoms with Gasteiger partial charge in [0.1, 0.15) is 5.82 Å². The van der Waals surface area contributed by atoms with Crippen molar-refractivity contribution in [3.63, 3.8) is 0 Å². The maximum atomic E-state index is 12.4. The molecule has 0 radical (unpaired) electrons. The van der Waals surface area contributed by atoms with E-state index in [-0.39, 0.29) is 17.7 Å². The molecule has 7 heteroatoms. The average molecular weight is 349 g/mol. The number of para-hydroxylation sites is 1. The summed E-state index contributed by atoms with van der Waals surface area (Å²) >= 11 is 0. The van der Waals surface area contributed by atoms with E-state index in [1.807, 2.05) is 24.3 Å². The van der Waals surface area contributed by atoms with E-state index in [9.17, 15) is 9.59 Å². The molecular formula is C19H19N5O2. The summed E-state index contributed by atoms with van der Waals surface area (Å²) in [7, 11) is 0. The van der Waals surface area contributed by atoms with Gasteiger partial charge in [0.25, 0.3) is 0 Å². The summed E-state index contributed by atoms with van der Waals surface area (Å²) in [6.45, 7) is 2.20. The van der Waals surface area contributed by atoms with Crippen LogP contribution in [0.15, 0.2) is 48.8 Å². The number of amides is 2. The van der Waals surface area contributed by atoms with Crippen LogP contribution in [0.25, 0.3) is 5.65 Å². The third-order valence-corrected chi connectivity index (χ3v) is 4.73. The Balaban J connectivity index is 1.44. The number of carbonyl (C=O) groups is 2. The first-order valence-electron chi connectivity index (χ1n) is 8.59. The minimum atomic E-state index is -0.0771. The van der Waals surface area contributed by atoms with Gasteiger partial charge in [0.15, 0.2) is 5.65 Å². The second-order valence-corrected chi connectivity index (χ2v) is 6.40. The van der Waals surface area contributed by atoms with Crippen molar-refractivity contribution in [2.24, 2.45) is 0 Å². The van der Waals surface area contributed by atoms with Crippen molar-refractivity contribution < 1.29 is 9.59 Å². The van der Waals surface area contributed by atoms with Crippen LogP contribution >= 0.6 is 0 Å². The maximum Gasteiger partial charge on any atom is 0.225 e. The van der Waals surface area contributed by atoms with Gasteiger partial charge in [-0.25, -0.2) is 4.98 Å². The van der Waals surface area contributed by atoms with Gasteiger partial charge in [0.05, 0.1) is 6.20 Å². The molecule has 26 heavy (non-hydrogen) atoms. The Labute approximate surface area is 150 Å². The highest BCUT2D eigenvalue weighted by molar-refractivity contribution is 5.94. The van der Waals surface area contributed by atoms with E-state index in [2.05, 4.69) is 15.4 Å². The van der Waals surface area contributed by atoms with Gasteiger partial charge in [-0.05, 0) is 24.1 Å². The van der Waals surface area contributed by atoms with Crippen LogP contribution in [0.5, 0.6) is 0 Å². The monoisotopic (exact) mass is 349 g/mol. The molecule has 0 aliphatic carbocycles. The van der Waals surface area contributed by atoms with Crippen molar-refractivity contribution in [2.75, 3.05) is 16.8 Å². The van der Waals surface area contributed by atoms with Gasteiger partial charge < -0.3 is 10.2 Å². The SMILES string of the molecule is CC(=O)N1C[C@@H](CCC(=O)Nc2ccnc3ccnn23)c2ccccc21. The fourth-order valence-corrected chi connectivity index (χ4v) is 3.48. The van der Waals surface area contributed by atoms with Gasteiger partial charge in [-0.3, -0.25) is 9.59 Å². The number of hydrogen-bond donors (Lipinski definition) is 1. The summed E-state index contributed by atoms with van der Waals surface area (Å²) in [5.41, 5.74) is 2.77. The molecule has 0 spiro atoms. The first-order chi connectivity index (χ1) is 12.6. The Kier molecular flexibility index (Phi) is 4.12. The third-order valence-electron chi connectivity index (χ3n) is 4.73. The molecule has 132 valence electrons. The summed E-state index contributed by atoms with van der Waals surface area (Å²) in [6.07, 6.45) is 4.34. The Bertz CT molecular complexity index is 981. The zero-order valence-electron chi connectivity index (χ0n) is 14.4. The van der Waals surface area contributed by atoms with E-state index < -0.39 is 0 Å². The Hall–Kier alpha value is -3.22. The standard InChI is InChI=1S/C19H19N5O2/c1-13(25)23-12-14(15-4-2-3-5-16(15)23)6-7-19(26)22-18-8-10-20-17-9-11-21-24(17)18/h2-5,8-11,14H,6-7,12H2,1H3,(H,22,26)/t14-/m1/s1. The molecule has 1 N–H and O–H groups in total. The van der Waals surface area contributed by atoms with Crippen LogP contribution in [0, 0.1) is 0 Å². The van der Waals surface area contributed by atoms with Crippen molar-refractivity contribution in [2.45, 2.75) is 25.7 Å². The normalized spacial score (nSPS) is 15.9. The highest BCUT2D eigenvalue weighted by Gasteiger charge is 2.30. The first kappa shape index (κ1) is 16.3. The van der Waals surface area contributed by atoms with Crippen LogP contribution < -0.4 is 10.2 Å². The van der Waals surface area contributed by atoms with E-state index in [0.29, 0.717) is 30.9 Å². The molecule has 1 atom stereocenters. The summed E-state index contributed by atoms with van der Waals surface area (Å²) in [5, 5.41) is 7.06. The molecule has 3 aromatic rings. The zero-order valence-corrected chi connectivity index (χ0v) is 14.4. The number of anilines is 2. The molecule has 1 aliphatic rings. The average Bonchev–Trinajstić information content (AvgIpc) is 3.25. The smallest absolute Gasteiger partial charge is 0.225 e. The molecule has 7 nitrogen and oxygen atoms in total. The topological polar surface area (TPSA) is 79.6 Å². The number of aromatic nitrogens is 3. The number of rotatable bonds is 4. The molecule has 1 aliphatic heterocycles. The lowest BCUT2D eigenvalue weighted by molar-refractivity contribution is -0.116. The minimum absolute atomic E-state index is 0.0299. The summed E-state index contributed by atoms with van der Waals surface area (Å²) < 4.78 is 1.60. The largest absolute Gasteiger partial charge is 0.312 e. The van der Waals surface area contributed by atoms with Crippen molar-refractivity contribution in [3.05, 3.63) is 54.4 Å². The van der Waals surface area contributed by atoms with Gasteiger partial charge in [0, 0.05) is 43.8 Å². The van der Waals surface area contributed by atoms with Crippen LogP contribution in [-0.2, 0) is 9.59 Å². The molecule has 0 bridgehead atoms. The number of hydrogen-bond acceptors (Lipinski definition) is 4. The molecule has 0 fully saturated rings. The molecule has 2 amide bonds. The number of benzene rings is 1. The number of fused-ring (bicyclic) bond motifs is 2. The Morgan fingerprint density at radius 1 is 1.19 bits per heavy atom. The second kappa shape index (κ2) is 6.59. The predicted molar refractivity (Wildman–Crippen MR) is 98.1 cm³/mol. The van der Waals surface area contributed by atoms with Crippen LogP contribution in [-0.4, -0.2) is 33.0 Å². The third kappa shape index (κ3) is 2.92. The molecule has 1 aromatic carbocycles. The van der Waals surface area contributed by atoms with Gasteiger partial charge in [-0.1, -0.05) is 18.2 Å². The van der Waals surface area contributed by atoms with Gasteiger partial charge in [-0.15, -0.1) is 0 Å². The van der Waals surface area contributed by atoms with Gasteiger partial charge in [-0.2, -0.15) is 9.61 Å². The van der Waals surface area contributed by atoms with E-state index >= 15 is 0 Å². The summed E-state index contributed by atoms with van der Waals surface area (Å²) in [4.78, 5) is 30.2. The predicted octanol–water partition coefficient (Wildman–Crippen LogP) is 2.60.